The number of ketones is 1. The fourth-order valence-electron chi connectivity index (χ4n) is 1.17. The van der Waals surface area contributed by atoms with Crippen LogP contribution in [0.3, 0.4) is 0 Å². The molecule has 1 unspecified atom stereocenters. The van der Waals surface area contributed by atoms with Crippen molar-refractivity contribution in [2.45, 2.75) is 26.3 Å². The lowest BCUT2D eigenvalue weighted by Crippen LogP contribution is -2.33. The molecular weight excluding hydrogens is 184 g/mol. The third kappa shape index (κ3) is 1.99. The summed E-state index contributed by atoms with van der Waals surface area (Å²) in [5.74, 6) is -0.0889. The van der Waals surface area contributed by atoms with Gasteiger partial charge in [-0.2, -0.15) is 0 Å². The van der Waals surface area contributed by atoms with Gasteiger partial charge in [-0.3, -0.25) is 19.5 Å². The number of nitrogens with zero attached hydrogens (tertiary/aromatic N) is 1. The van der Waals surface area contributed by atoms with E-state index in [1.165, 1.54) is 0 Å². The van der Waals surface area contributed by atoms with E-state index in [0.717, 1.165) is 16.8 Å². The zero-order chi connectivity index (χ0) is 10.7. The van der Waals surface area contributed by atoms with Crippen molar-refractivity contribution in [1.82, 2.24) is 9.78 Å². The molecule has 5 heteroatoms. The Morgan fingerprint density at radius 3 is 2.71 bits per heavy atom. The van der Waals surface area contributed by atoms with Crippen LogP contribution in [0.5, 0.6) is 0 Å². The average Bonchev–Trinajstić information content (AvgIpc) is 2.19. The second-order valence-electron chi connectivity index (χ2n) is 3.01. The normalized spacial score (nSPS) is 12.4. The van der Waals surface area contributed by atoms with Gasteiger partial charge in [0, 0.05) is 18.6 Å². The summed E-state index contributed by atoms with van der Waals surface area (Å²) in [6.45, 7) is 3.30. The number of hydrogen-bond acceptors (Lipinski definition) is 3. The van der Waals surface area contributed by atoms with E-state index in [1.54, 1.807) is 13.8 Å². The molecule has 0 spiro atoms. The van der Waals surface area contributed by atoms with Crippen molar-refractivity contribution in [1.29, 1.82) is 0 Å². The molecular formula is C9H12N2O3. The van der Waals surface area contributed by atoms with E-state index < -0.39 is 6.04 Å². The summed E-state index contributed by atoms with van der Waals surface area (Å²) < 4.78 is 1.05. The van der Waals surface area contributed by atoms with Gasteiger partial charge in [-0.1, -0.05) is 6.92 Å². The number of carbonyl (C=O) groups excluding carboxylic acids is 1. The van der Waals surface area contributed by atoms with Crippen LogP contribution in [0.15, 0.2) is 21.7 Å². The molecule has 1 rings (SSSR count). The quantitative estimate of drug-likeness (QED) is 0.743. The molecule has 1 heterocycles. The highest BCUT2D eigenvalue weighted by Crippen LogP contribution is 2.02. The maximum Gasteiger partial charge on any atom is 0.265 e. The first-order chi connectivity index (χ1) is 6.56. The number of rotatable bonds is 3. The molecule has 0 aliphatic rings. The maximum atomic E-state index is 11.3. The highest BCUT2D eigenvalue weighted by Gasteiger charge is 2.13. The van der Waals surface area contributed by atoms with E-state index in [4.69, 9.17) is 0 Å². The molecule has 14 heavy (non-hydrogen) atoms. The van der Waals surface area contributed by atoms with Crippen LogP contribution in [0, 0.1) is 0 Å². The van der Waals surface area contributed by atoms with Gasteiger partial charge in [-0.15, -0.1) is 0 Å². The highest BCUT2D eigenvalue weighted by atomic mass is 16.2. The third-order valence-electron chi connectivity index (χ3n) is 2.05. The van der Waals surface area contributed by atoms with Gasteiger partial charge >= 0.3 is 0 Å². The number of Topliss-reactive ketones (excluding diaryl/α,β-unsaturated/α-hetero) is 1. The van der Waals surface area contributed by atoms with Crippen LogP contribution >= 0.6 is 0 Å². The Kier molecular flexibility index (Phi) is 3.01. The summed E-state index contributed by atoms with van der Waals surface area (Å²) in [6.07, 6.45) is 0.338. The molecule has 0 aromatic carbocycles. The van der Waals surface area contributed by atoms with Crippen molar-refractivity contribution >= 4 is 5.78 Å². The zero-order valence-electron chi connectivity index (χ0n) is 8.11. The Morgan fingerprint density at radius 1 is 1.50 bits per heavy atom. The lowest BCUT2D eigenvalue weighted by molar-refractivity contribution is -0.121. The van der Waals surface area contributed by atoms with Gasteiger partial charge in [0.15, 0.2) is 5.78 Å². The first-order valence-corrected chi connectivity index (χ1v) is 4.41. The lowest BCUT2D eigenvalue weighted by Gasteiger charge is -2.11. The molecule has 0 bridgehead atoms. The summed E-state index contributed by atoms with van der Waals surface area (Å²) in [4.78, 5) is 33.5. The maximum absolute atomic E-state index is 11.3. The molecule has 0 saturated heterocycles. The molecule has 1 atom stereocenters. The topological polar surface area (TPSA) is 71.9 Å². The van der Waals surface area contributed by atoms with Crippen molar-refractivity contribution in [3.63, 3.8) is 0 Å². The standard InChI is InChI=1S/C9H12N2O3/c1-3-7(12)6(2)11-9(14)5-4-8(13)10-11/h4-6H,3H2,1-2H3,(H,10,13). The fraction of sp³-hybridized carbons (Fsp3) is 0.444. The van der Waals surface area contributed by atoms with E-state index in [1.807, 2.05) is 0 Å². The van der Waals surface area contributed by atoms with Crippen LogP contribution in [0.2, 0.25) is 0 Å². The van der Waals surface area contributed by atoms with Crippen LogP contribution in [0.25, 0.3) is 0 Å². The largest absolute Gasteiger partial charge is 0.297 e. The SMILES string of the molecule is CCC(=O)C(C)n1[nH]c(=O)ccc1=O. The Hall–Kier alpha value is -1.65. The smallest absolute Gasteiger partial charge is 0.265 e. The molecule has 0 radical (unpaired) electrons. The average molecular weight is 196 g/mol. The van der Waals surface area contributed by atoms with E-state index in [-0.39, 0.29) is 16.9 Å². The Balaban J connectivity index is 3.18. The molecule has 0 aliphatic carbocycles. The van der Waals surface area contributed by atoms with Gasteiger partial charge in [0.05, 0.1) is 0 Å². The van der Waals surface area contributed by atoms with Gasteiger partial charge in [-0.25, -0.2) is 4.68 Å². The van der Waals surface area contributed by atoms with E-state index >= 15 is 0 Å². The van der Waals surface area contributed by atoms with E-state index in [2.05, 4.69) is 5.10 Å². The Bertz CT molecular complexity index is 444. The molecule has 0 saturated carbocycles. The predicted molar refractivity (Wildman–Crippen MR) is 51.3 cm³/mol. The van der Waals surface area contributed by atoms with Crippen molar-refractivity contribution in [2.24, 2.45) is 0 Å². The number of aromatic amines is 1. The van der Waals surface area contributed by atoms with Gasteiger partial charge in [0.25, 0.3) is 11.1 Å². The number of H-pyrrole nitrogens is 1. The van der Waals surface area contributed by atoms with E-state index in [0.29, 0.717) is 6.42 Å². The molecule has 1 aromatic rings. The molecule has 1 aromatic heterocycles. The third-order valence-corrected chi connectivity index (χ3v) is 2.05. The van der Waals surface area contributed by atoms with Crippen LogP contribution in [0.1, 0.15) is 26.3 Å². The Labute approximate surface area is 80.4 Å². The van der Waals surface area contributed by atoms with Crippen molar-refractivity contribution in [3.05, 3.63) is 32.8 Å². The van der Waals surface area contributed by atoms with Crippen LogP contribution < -0.4 is 11.1 Å². The molecule has 0 amide bonds. The first-order valence-electron chi connectivity index (χ1n) is 4.41. The summed E-state index contributed by atoms with van der Waals surface area (Å²) in [7, 11) is 0. The monoisotopic (exact) mass is 196 g/mol. The highest BCUT2D eigenvalue weighted by molar-refractivity contribution is 5.81. The number of nitrogens with one attached hydrogen (secondary N) is 1. The van der Waals surface area contributed by atoms with Crippen molar-refractivity contribution < 1.29 is 4.79 Å². The van der Waals surface area contributed by atoms with E-state index in [9.17, 15) is 14.4 Å². The lowest BCUT2D eigenvalue weighted by atomic mass is 10.2. The minimum Gasteiger partial charge on any atom is -0.297 e. The summed E-state index contributed by atoms with van der Waals surface area (Å²) in [5, 5.41) is 2.32. The minimum atomic E-state index is -0.610. The molecule has 1 N–H and O–H groups in total. The molecule has 76 valence electrons. The van der Waals surface area contributed by atoms with Gasteiger partial charge in [0.1, 0.15) is 6.04 Å². The summed E-state index contributed by atoms with van der Waals surface area (Å²) in [6, 6.07) is 1.68. The van der Waals surface area contributed by atoms with Gasteiger partial charge in [0.2, 0.25) is 0 Å². The van der Waals surface area contributed by atoms with Crippen molar-refractivity contribution in [3.8, 4) is 0 Å². The first kappa shape index (κ1) is 10.4. The molecule has 0 fully saturated rings. The second kappa shape index (κ2) is 4.04. The second-order valence-corrected chi connectivity index (χ2v) is 3.01. The number of aromatic nitrogens is 2. The predicted octanol–water partition coefficient (Wildman–Crippen LogP) is 0.0767. The molecule has 5 nitrogen and oxygen atoms in total. The molecule has 0 aliphatic heterocycles. The van der Waals surface area contributed by atoms with Crippen LogP contribution in [-0.2, 0) is 4.79 Å². The van der Waals surface area contributed by atoms with Crippen LogP contribution in [-0.4, -0.2) is 15.6 Å². The van der Waals surface area contributed by atoms with Gasteiger partial charge < -0.3 is 0 Å². The van der Waals surface area contributed by atoms with Crippen LogP contribution in [0.4, 0.5) is 0 Å². The summed E-state index contributed by atoms with van der Waals surface area (Å²) in [5.41, 5.74) is -0.765. The summed E-state index contributed by atoms with van der Waals surface area (Å²) >= 11 is 0. The Morgan fingerprint density at radius 2 is 2.14 bits per heavy atom. The zero-order valence-corrected chi connectivity index (χ0v) is 8.11. The van der Waals surface area contributed by atoms with Crippen molar-refractivity contribution in [2.75, 3.05) is 0 Å². The van der Waals surface area contributed by atoms with Gasteiger partial charge in [-0.05, 0) is 6.92 Å². The minimum absolute atomic E-state index is 0.0889. The number of carbonyl (C=O) groups is 1. The number of hydrogen-bond donors (Lipinski definition) is 1. The fourth-order valence-corrected chi connectivity index (χ4v) is 1.17.